The topological polar surface area (TPSA) is 76.2 Å². The highest BCUT2D eigenvalue weighted by atomic mass is 19.1. The second-order valence-corrected chi connectivity index (χ2v) is 10.2. The van der Waals surface area contributed by atoms with Gasteiger partial charge < -0.3 is 15.1 Å². The van der Waals surface area contributed by atoms with E-state index in [0.717, 1.165) is 16.7 Å². The van der Waals surface area contributed by atoms with Gasteiger partial charge in [-0.1, -0.05) is 79.7 Å². The Kier molecular flexibility index (Phi) is 8.40. The molecule has 0 unspecified atom stereocenters. The lowest BCUT2D eigenvalue weighted by Gasteiger charge is -2.46. The van der Waals surface area contributed by atoms with Crippen molar-refractivity contribution in [2.24, 2.45) is 0 Å². The lowest BCUT2D eigenvalue weighted by molar-refractivity contribution is -0.157. The van der Waals surface area contributed by atoms with Crippen molar-refractivity contribution in [3.63, 3.8) is 0 Å². The Hall–Kier alpha value is -4.24. The molecule has 0 bridgehead atoms. The predicted molar refractivity (Wildman–Crippen MR) is 149 cm³/mol. The van der Waals surface area contributed by atoms with Crippen LogP contribution >= 0.6 is 0 Å². The van der Waals surface area contributed by atoms with E-state index in [1.54, 1.807) is 32.0 Å². The molecule has 1 N–H and O–H groups in total. The van der Waals surface area contributed by atoms with E-state index < -0.39 is 12.2 Å². The highest BCUT2D eigenvalue weighted by Crippen LogP contribution is 2.30. The lowest BCUT2D eigenvalue weighted by Crippen LogP contribution is -2.66. The molecular weight excluding hydrogens is 509 g/mol. The minimum absolute atomic E-state index is 0.00633. The third-order valence-electron chi connectivity index (χ3n) is 7.39. The van der Waals surface area contributed by atoms with Gasteiger partial charge >= 0.3 is 6.03 Å². The number of nitrogens with zero attached hydrogens (tertiary/aromatic N) is 4. The van der Waals surface area contributed by atoms with Crippen LogP contribution in [0.3, 0.4) is 0 Å². The number of halogens is 1. The van der Waals surface area contributed by atoms with E-state index in [2.05, 4.69) is 5.32 Å². The Morgan fingerprint density at radius 2 is 1.57 bits per heavy atom. The average molecular weight is 544 g/mol. The highest BCUT2D eigenvalue weighted by molar-refractivity contribution is 5.91. The summed E-state index contributed by atoms with van der Waals surface area (Å²) < 4.78 is 13.6. The predicted octanol–water partition coefficient (Wildman–Crippen LogP) is 3.79. The van der Waals surface area contributed by atoms with Crippen LogP contribution in [0.4, 0.5) is 9.18 Å². The summed E-state index contributed by atoms with van der Waals surface area (Å²) in [6, 6.07) is 24.4. The number of carbonyl (C=O) groups is 3. The Bertz CT molecular complexity index is 1320. The Morgan fingerprint density at radius 3 is 2.23 bits per heavy atom. The van der Waals surface area contributed by atoms with Crippen LogP contribution in [0.25, 0.3) is 0 Å². The number of benzene rings is 3. The van der Waals surface area contributed by atoms with Crippen LogP contribution in [0.5, 0.6) is 0 Å². The van der Waals surface area contributed by atoms with Crippen molar-refractivity contribution in [3.8, 4) is 0 Å². The summed E-state index contributed by atoms with van der Waals surface area (Å²) in [6.45, 7) is 3.29. The summed E-state index contributed by atoms with van der Waals surface area (Å²) in [5, 5.41) is 6.39. The molecule has 8 nitrogen and oxygen atoms in total. The van der Waals surface area contributed by atoms with E-state index in [9.17, 15) is 18.8 Å². The number of hydrogen-bond donors (Lipinski definition) is 1. The third-order valence-corrected chi connectivity index (χ3v) is 7.39. The molecule has 4 amide bonds. The quantitative estimate of drug-likeness (QED) is 0.446. The summed E-state index contributed by atoms with van der Waals surface area (Å²) in [5.74, 6) is -0.681. The molecule has 3 aromatic carbocycles. The molecule has 208 valence electrons. The SMILES string of the molecule is CCCN(C(=O)NCc1ccccc1)N1CC(=O)N2[C@@H](Cc3ccccc3)C(=O)N(Cc3ccc(F)cc3)C[C@@H]21. The molecule has 2 saturated heterocycles. The molecule has 0 aromatic heterocycles. The molecule has 2 aliphatic heterocycles. The van der Waals surface area contributed by atoms with E-state index in [4.69, 9.17) is 0 Å². The number of rotatable bonds is 9. The number of carbonyl (C=O) groups excluding carboxylic acids is 3. The third kappa shape index (κ3) is 5.99. The first-order valence-corrected chi connectivity index (χ1v) is 13.7. The second-order valence-electron chi connectivity index (χ2n) is 10.2. The number of piperazine rings is 1. The van der Waals surface area contributed by atoms with E-state index in [-0.39, 0.29) is 43.3 Å². The van der Waals surface area contributed by atoms with Crippen LogP contribution < -0.4 is 5.32 Å². The average Bonchev–Trinajstić information content (AvgIpc) is 3.30. The summed E-state index contributed by atoms with van der Waals surface area (Å²) in [5.41, 5.74) is 2.71. The fourth-order valence-electron chi connectivity index (χ4n) is 5.46. The number of fused-ring (bicyclic) bond motifs is 1. The molecule has 2 fully saturated rings. The number of nitrogens with one attached hydrogen (secondary N) is 1. The maximum absolute atomic E-state index is 13.8. The molecule has 3 aromatic rings. The van der Waals surface area contributed by atoms with Crippen molar-refractivity contribution in [1.82, 2.24) is 25.1 Å². The summed E-state index contributed by atoms with van der Waals surface area (Å²) in [7, 11) is 0. The van der Waals surface area contributed by atoms with Gasteiger partial charge in [0.15, 0.2) is 0 Å². The number of hydrazine groups is 1. The molecule has 0 radical (unpaired) electrons. The number of urea groups is 1. The molecule has 5 rings (SSSR count). The Morgan fingerprint density at radius 1 is 0.925 bits per heavy atom. The Balaban J connectivity index is 1.42. The normalized spacial score (nSPS) is 19.1. The zero-order valence-corrected chi connectivity index (χ0v) is 22.6. The first-order valence-electron chi connectivity index (χ1n) is 13.7. The second kappa shape index (κ2) is 12.3. The monoisotopic (exact) mass is 543 g/mol. The maximum Gasteiger partial charge on any atom is 0.332 e. The van der Waals surface area contributed by atoms with Crippen LogP contribution in [0.15, 0.2) is 84.9 Å². The first kappa shape index (κ1) is 27.3. The van der Waals surface area contributed by atoms with Crippen molar-refractivity contribution in [2.45, 2.75) is 45.1 Å². The molecule has 0 saturated carbocycles. The van der Waals surface area contributed by atoms with E-state index in [1.165, 1.54) is 12.1 Å². The van der Waals surface area contributed by atoms with Crippen LogP contribution in [-0.4, -0.2) is 69.5 Å². The van der Waals surface area contributed by atoms with Crippen molar-refractivity contribution in [3.05, 3.63) is 107 Å². The van der Waals surface area contributed by atoms with Gasteiger partial charge in [-0.15, -0.1) is 0 Å². The molecule has 40 heavy (non-hydrogen) atoms. The standard InChI is InChI=1S/C31H34FN5O3/c1-2-17-35(31(40)33-19-24-11-7-4-8-12-24)36-22-29(38)37-27(18-23-9-5-3-6-10-23)30(39)34(21-28(36)37)20-25-13-15-26(32)16-14-25/h3-16,27-28H,2,17-22H2,1H3,(H,33,40)/t27-,28+/m0/s1. The summed E-state index contributed by atoms with van der Waals surface area (Å²) in [6.07, 6.45) is 0.555. The molecule has 2 aliphatic rings. The number of amides is 4. The van der Waals surface area contributed by atoms with Gasteiger partial charge in [0.1, 0.15) is 18.0 Å². The van der Waals surface area contributed by atoms with Crippen molar-refractivity contribution in [1.29, 1.82) is 0 Å². The highest BCUT2D eigenvalue weighted by Gasteiger charge is 2.52. The minimum Gasteiger partial charge on any atom is -0.333 e. The van der Waals surface area contributed by atoms with Gasteiger partial charge in [0.05, 0.1) is 13.1 Å². The van der Waals surface area contributed by atoms with Crippen molar-refractivity contribution < 1.29 is 18.8 Å². The summed E-state index contributed by atoms with van der Waals surface area (Å²) in [4.78, 5) is 44.1. The first-order chi connectivity index (χ1) is 19.4. The minimum atomic E-state index is -0.713. The molecule has 0 aliphatic carbocycles. The van der Waals surface area contributed by atoms with Gasteiger partial charge in [-0.05, 0) is 35.2 Å². The van der Waals surface area contributed by atoms with Crippen molar-refractivity contribution in [2.75, 3.05) is 19.6 Å². The van der Waals surface area contributed by atoms with Crippen molar-refractivity contribution >= 4 is 17.8 Å². The van der Waals surface area contributed by atoms with Crippen LogP contribution in [0.2, 0.25) is 0 Å². The van der Waals surface area contributed by atoms with Gasteiger partial charge in [0.25, 0.3) is 0 Å². The molecule has 9 heteroatoms. The van der Waals surface area contributed by atoms with E-state index >= 15 is 0 Å². The van der Waals surface area contributed by atoms with Crippen LogP contribution in [0, 0.1) is 5.82 Å². The Labute approximate surface area is 233 Å². The largest absolute Gasteiger partial charge is 0.333 e. The van der Waals surface area contributed by atoms with Gasteiger partial charge in [-0.2, -0.15) is 5.01 Å². The summed E-state index contributed by atoms with van der Waals surface area (Å²) >= 11 is 0. The van der Waals surface area contributed by atoms with Gasteiger partial charge in [-0.3, -0.25) is 14.6 Å². The zero-order valence-electron chi connectivity index (χ0n) is 22.6. The fourth-order valence-corrected chi connectivity index (χ4v) is 5.46. The fraction of sp³-hybridized carbons (Fsp3) is 0.323. The van der Waals surface area contributed by atoms with Gasteiger partial charge in [0, 0.05) is 26.1 Å². The molecule has 2 atom stereocenters. The zero-order chi connectivity index (χ0) is 28.1. The van der Waals surface area contributed by atoms with Crippen LogP contribution in [0.1, 0.15) is 30.0 Å². The number of hydrogen-bond acceptors (Lipinski definition) is 4. The van der Waals surface area contributed by atoms with Gasteiger partial charge in [0.2, 0.25) is 11.8 Å². The smallest absolute Gasteiger partial charge is 0.332 e. The van der Waals surface area contributed by atoms with Gasteiger partial charge in [-0.25, -0.2) is 9.18 Å². The lowest BCUT2D eigenvalue weighted by atomic mass is 10.00. The molecule has 0 spiro atoms. The van der Waals surface area contributed by atoms with E-state index in [0.29, 0.717) is 25.9 Å². The molecular formula is C31H34FN5O3. The van der Waals surface area contributed by atoms with Crippen LogP contribution in [-0.2, 0) is 29.1 Å². The maximum atomic E-state index is 13.8. The van der Waals surface area contributed by atoms with E-state index in [1.807, 2.05) is 67.6 Å². The molecule has 2 heterocycles.